The molecule has 2 nitrogen and oxygen atoms in total. The first-order valence-electron chi connectivity index (χ1n) is 5.82. The molecule has 2 heterocycles. The molecule has 1 aromatic heterocycles. The maximum atomic E-state index is 4.18. The second-order valence-electron chi connectivity index (χ2n) is 5.42. The average molecular weight is 236 g/mol. The van der Waals surface area contributed by atoms with Crippen LogP contribution < -0.4 is 5.32 Å². The minimum atomic E-state index is 0.455. The summed E-state index contributed by atoms with van der Waals surface area (Å²) in [4.78, 5) is 4.18. The molecule has 1 aromatic rings. The summed E-state index contributed by atoms with van der Waals surface area (Å²) in [5, 5.41) is 3.62. The van der Waals surface area contributed by atoms with Gasteiger partial charge in [-0.3, -0.25) is 4.98 Å². The zero-order chi connectivity index (χ0) is 11.6. The van der Waals surface area contributed by atoms with Crippen LogP contribution in [-0.2, 0) is 0 Å². The smallest absolute Gasteiger partial charge is 0.0558 e. The number of hydrogen-bond acceptors (Lipinski definition) is 3. The van der Waals surface area contributed by atoms with E-state index in [0.29, 0.717) is 11.5 Å². The number of hydrogen-bond donors (Lipinski definition) is 1. The van der Waals surface area contributed by atoms with E-state index in [1.54, 1.807) is 0 Å². The van der Waals surface area contributed by atoms with E-state index in [9.17, 15) is 0 Å². The Morgan fingerprint density at radius 1 is 1.50 bits per heavy atom. The van der Waals surface area contributed by atoms with Gasteiger partial charge in [0.05, 0.1) is 11.9 Å². The lowest BCUT2D eigenvalue weighted by molar-refractivity contribution is 0.358. The molecule has 16 heavy (non-hydrogen) atoms. The molecule has 0 saturated carbocycles. The first-order chi connectivity index (χ1) is 7.57. The molecular weight excluding hydrogens is 216 g/mol. The molecule has 2 rings (SSSR count). The number of nitrogens with zero attached hydrogens (tertiary/aromatic N) is 1. The van der Waals surface area contributed by atoms with Gasteiger partial charge in [-0.1, -0.05) is 13.8 Å². The molecule has 1 saturated heterocycles. The minimum Gasteiger partial charge on any atom is -0.380 e. The highest BCUT2D eigenvalue weighted by molar-refractivity contribution is 7.99. The number of pyridine rings is 1. The molecule has 0 bridgehead atoms. The maximum absolute atomic E-state index is 4.18. The van der Waals surface area contributed by atoms with Gasteiger partial charge in [-0.25, -0.2) is 0 Å². The third-order valence-electron chi connectivity index (χ3n) is 3.01. The third kappa shape index (κ3) is 2.91. The molecule has 0 amide bonds. The van der Waals surface area contributed by atoms with Crippen LogP contribution >= 0.6 is 11.8 Å². The van der Waals surface area contributed by atoms with Crippen LogP contribution in [-0.4, -0.2) is 22.5 Å². The van der Waals surface area contributed by atoms with E-state index in [2.05, 4.69) is 48.9 Å². The van der Waals surface area contributed by atoms with Crippen LogP contribution in [0.15, 0.2) is 18.5 Å². The van der Waals surface area contributed by atoms with Crippen molar-refractivity contribution >= 4 is 17.4 Å². The highest BCUT2D eigenvalue weighted by Gasteiger charge is 2.28. The molecule has 1 aliphatic rings. The molecule has 88 valence electrons. The second kappa shape index (κ2) is 4.66. The number of nitrogens with one attached hydrogen (secondary N) is 1. The monoisotopic (exact) mass is 236 g/mol. The SMILES string of the molecule is Cc1ccncc1NC1CSCC(C)(C)C1. The highest BCUT2D eigenvalue weighted by Crippen LogP contribution is 2.34. The third-order valence-corrected chi connectivity index (χ3v) is 4.63. The Morgan fingerprint density at radius 3 is 3.00 bits per heavy atom. The predicted octanol–water partition coefficient (Wildman–Crippen LogP) is 3.33. The molecule has 1 unspecified atom stereocenters. The second-order valence-corrected chi connectivity index (χ2v) is 6.45. The van der Waals surface area contributed by atoms with Crippen molar-refractivity contribution in [2.24, 2.45) is 5.41 Å². The summed E-state index contributed by atoms with van der Waals surface area (Å²) in [6.07, 6.45) is 5.02. The average Bonchev–Trinajstić information content (AvgIpc) is 2.20. The normalized spacial score (nSPS) is 24.1. The summed E-state index contributed by atoms with van der Waals surface area (Å²) in [5.74, 6) is 2.48. The van der Waals surface area contributed by atoms with Gasteiger partial charge in [0.1, 0.15) is 0 Å². The van der Waals surface area contributed by atoms with Crippen LogP contribution in [0, 0.1) is 12.3 Å². The van der Waals surface area contributed by atoms with Gasteiger partial charge in [-0.05, 0) is 36.1 Å². The van der Waals surface area contributed by atoms with Crippen LogP contribution in [0.3, 0.4) is 0 Å². The molecule has 1 atom stereocenters. The van der Waals surface area contributed by atoms with Crippen LogP contribution in [0.25, 0.3) is 0 Å². The van der Waals surface area contributed by atoms with Crippen molar-refractivity contribution in [2.45, 2.75) is 33.2 Å². The maximum Gasteiger partial charge on any atom is 0.0558 e. The minimum absolute atomic E-state index is 0.455. The fourth-order valence-electron chi connectivity index (χ4n) is 2.19. The zero-order valence-corrected chi connectivity index (χ0v) is 11.1. The summed E-state index contributed by atoms with van der Waals surface area (Å²) in [7, 11) is 0. The predicted molar refractivity (Wildman–Crippen MR) is 72.1 cm³/mol. The van der Waals surface area contributed by atoms with Gasteiger partial charge in [-0.15, -0.1) is 0 Å². The van der Waals surface area contributed by atoms with Crippen molar-refractivity contribution in [1.29, 1.82) is 0 Å². The largest absolute Gasteiger partial charge is 0.380 e. The Labute approximate surface area is 102 Å². The Balaban J connectivity index is 2.02. The van der Waals surface area contributed by atoms with Gasteiger partial charge < -0.3 is 5.32 Å². The molecule has 0 aromatic carbocycles. The number of rotatable bonds is 2. The summed E-state index contributed by atoms with van der Waals surface area (Å²) in [6.45, 7) is 6.83. The van der Waals surface area contributed by atoms with Crippen LogP contribution in [0.2, 0.25) is 0 Å². The fraction of sp³-hybridized carbons (Fsp3) is 0.615. The van der Waals surface area contributed by atoms with Crippen molar-refractivity contribution < 1.29 is 0 Å². The number of aromatic nitrogens is 1. The van der Waals surface area contributed by atoms with E-state index >= 15 is 0 Å². The number of aryl methyl sites for hydroxylation is 1. The lowest BCUT2D eigenvalue weighted by atomic mass is 9.87. The summed E-state index contributed by atoms with van der Waals surface area (Å²) in [6, 6.07) is 2.64. The molecule has 1 aliphatic heterocycles. The van der Waals surface area contributed by atoms with E-state index in [1.165, 1.54) is 29.2 Å². The van der Waals surface area contributed by atoms with Crippen LogP contribution in [0.5, 0.6) is 0 Å². The quantitative estimate of drug-likeness (QED) is 0.852. The summed E-state index contributed by atoms with van der Waals surface area (Å²) in [5.41, 5.74) is 2.92. The van der Waals surface area contributed by atoms with Gasteiger partial charge in [0.2, 0.25) is 0 Å². The standard InChI is InChI=1S/C13H20N2S/c1-10-4-5-14-7-12(10)15-11-6-13(2,3)9-16-8-11/h4-5,7,11,15H,6,8-9H2,1-3H3. The van der Waals surface area contributed by atoms with Crippen molar-refractivity contribution in [3.63, 3.8) is 0 Å². The zero-order valence-electron chi connectivity index (χ0n) is 10.3. The fourth-order valence-corrected chi connectivity index (χ4v) is 3.46. The number of thioether (sulfide) groups is 1. The lowest BCUT2D eigenvalue weighted by Crippen LogP contribution is -2.35. The van der Waals surface area contributed by atoms with Crippen molar-refractivity contribution in [3.05, 3.63) is 24.0 Å². The first kappa shape index (κ1) is 11.8. The Hall–Kier alpha value is -0.700. The van der Waals surface area contributed by atoms with Gasteiger partial charge in [0.25, 0.3) is 0 Å². The van der Waals surface area contributed by atoms with Gasteiger partial charge in [-0.2, -0.15) is 11.8 Å². The molecule has 1 N–H and O–H groups in total. The molecule has 3 heteroatoms. The summed E-state index contributed by atoms with van der Waals surface area (Å²) < 4.78 is 0. The van der Waals surface area contributed by atoms with E-state index in [4.69, 9.17) is 0 Å². The summed E-state index contributed by atoms with van der Waals surface area (Å²) >= 11 is 2.05. The first-order valence-corrected chi connectivity index (χ1v) is 6.97. The van der Waals surface area contributed by atoms with E-state index in [1.807, 2.05) is 12.4 Å². The number of anilines is 1. The highest BCUT2D eigenvalue weighted by atomic mass is 32.2. The van der Waals surface area contributed by atoms with Crippen LogP contribution in [0.1, 0.15) is 25.8 Å². The van der Waals surface area contributed by atoms with Crippen molar-refractivity contribution in [3.8, 4) is 0 Å². The molecule has 0 aliphatic carbocycles. The molecular formula is C13H20N2S. The van der Waals surface area contributed by atoms with E-state index in [-0.39, 0.29) is 0 Å². The van der Waals surface area contributed by atoms with Gasteiger partial charge in [0, 0.05) is 18.0 Å². The molecule has 0 spiro atoms. The van der Waals surface area contributed by atoms with E-state index < -0.39 is 0 Å². The van der Waals surface area contributed by atoms with E-state index in [0.717, 1.165) is 0 Å². The topological polar surface area (TPSA) is 24.9 Å². The van der Waals surface area contributed by atoms with Crippen LogP contribution in [0.4, 0.5) is 5.69 Å². The van der Waals surface area contributed by atoms with Crippen molar-refractivity contribution in [1.82, 2.24) is 4.98 Å². The Bertz CT molecular complexity index is 363. The Kier molecular flexibility index (Phi) is 3.43. The van der Waals surface area contributed by atoms with Gasteiger partial charge in [0.15, 0.2) is 0 Å². The van der Waals surface area contributed by atoms with Crippen molar-refractivity contribution in [2.75, 3.05) is 16.8 Å². The molecule has 0 radical (unpaired) electrons. The lowest BCUT2D eigenvalue weighted by Gasteiger charge is -2.35. The Morgan fingerprint density at radius 2 is 2.31 bits per heavy atom. The molecule has 1 fully saturated rings. The van der Waals surface area contributed by atoms with Gasteiger partial charge >= 0.3 is 0 Å².